The molecule has 1 aromatic rings. The van der Waals surface area contributed by atoms with E-state index in [1.54, 1.807) is 4.72 Å². The van der Waals surface area contributed by atoms with Gasteiger partial charge in [-0.1, -0.05) is 30.3 Å². The van der Waals surface area contributed by atoms with E-state index in [1.165, 1.54) is 0 Å². The van der Waals surface area contributed by atoms with Crippen LogP contribution in [0, 0.1) is 0 Å². The molecule has 1 rings (SSSR count). The van der Waals surface area contributed by atoms with E-state index in [-0.39, 0.29) is 12.2 Å². The molecule has 1 aromatic carbocycles. The highest BCUT2D eigenvalue weighted by molar-refractivity contribution is 7.89. The second-order valence-electron chi connectivity index (χ2n) is 3.14. The van der Waals surface area contributed by atoms with Gasteiger partial charge in [0.05, 0.1) is 5.75 Å². The van der Waals surface area contributed by atoms with Crippen LogP contribution in [-0.4, -0.2) is 20.6 Å². The van der Waals surface area contributed by atoms with Crippen molar-refractivity contribution >= 4 is 16.4 Å². The van der Waals surface area contributed by atoms with Crippen LogP contribution in [0.5, 0.6) is 0 Å². The number of carbonyl (C=O) groups is 1. The third-order valence-corrected chi connectivity index (χ3v) is 3.23. The van der Waals surface area contributed by atoms with Crippen molar-refractivity contribution in [3.05, 3.63) is 35.9 Å². The van der Waals surface area contributed by atoms with Gasteiger partial charge in [0, 0.05) is 0 Å². The van der Waals surface area contributed by atoms with Crippen molar-refractivity contribution in [2.45, 2.75) is 12.8 Å². The normalized spacial score (nSPS) is 10.9. The van der Waals surface area contributed by atoms with Gasteiger partial charge in [0.2, 0.25) is 16.4 Å². The van der Waals surface area contributed by atoms with Gasteiger partial charge in [-0.15, -0.1) is 0 Å². The summed E-state index contributed by atoms with van der Waals surface area (Å²) in [7, 11) is -3.42. The van der Waals surface area contributed by atoms with Crippen LogP contribution >= 0.6 is 0 Å². The fraction of sp³-hybridized carbons (Fsp3) is 0.300. The second kappa shape index (κ2) is 5.50. The van der Waals surface area contributed by atoms with Crippen molar-refractivity contribution in [3.8, 4) is 0 Å². The first-order valence-corrected chi connectivity index (χ1v) is 6.27. The van der Waals surface area contributed by atoms with E-state index in [2.05, 4.69) is 0 Å². The van der Waals surface area contributed by atoms with Gasteiger partial charge in [0.15, 0.2) is 0 Å². The smallest absolute Gasteiger partial charge is 0.234 e. The number of nitrogens with one attached hydrogen (secondary N) is 1. The van der Waals surface area contributed by atoms with Crippen molar-refractivity contribution in [1.29, 1.82) is 0 Å². The fourth-order valence-electron chi connectivity index (χ4n) is 1.24. The number of benzene rings is 1. The van der Waals surface area contributed by atoms with Crippen LogP contribution in [0.15, 0.2) is 30.3 Å². The summed E-state index contributed by atoms with van der Waals surface area (Å²) >= 11 is 0. The molecule has 0 saturated heterocycles. The minimum Gasteiger partial charge on any atom is -0.278 e. The molecule has 0 bridgehead atoms. The van der Waals surface area contributed by atoms with Crippen LogP contribution in [0.1, 0.15) is 12.0 Å². The molecular formula is C10H13NO3S. The lowest BCUT2D eigenvalue weighted by Gasteiger charge is -2.02. The maximum absolute atomic E-state index is 11.1. The molecule has 82 valence electrons. The molecular weight excluding hydrogens is 214 g/mol. The molecule has 0 aliphatic carbocycles. The van der Waals surface area contributed by atoms with Crippen LogP contribution in [0.25, 0.3) is 0 Å². The minimum atomic E-state index is -3.42. The lowest BCUT2D eigenvalue weighted by atomic mass is 10.1. The summed E-state index contributed by atoms with van der Waals surface area (Å²) in [5, 5.41) is 0. The Morgan fingerprint density at radius 2 is 1.87 bits per heavy atom. The standard InChI is InChI=1S/C10H13NO3S/c12-9-11-15(13,14)8-4-7-10-5-2-1-3-6-10/h1-3,5-6,9H,4,7-8H2,(H,11,12). The second-order valence-corrected chi connectivity index (χ2v) is 5.02. The number of carbonyl (C=O) groups excluding carboxylic acids is 1. The Bertz CT molecular complexity index is 400. The minimum absolute atomic E-state index is 0.0271. The zero-order chi connectivity index (χ0) is 11.1. The van der Waals surface area contributed by atoms with Crippen molar-refractivity contribution in [2.75, 3.05) is 5.75 Å². The number of aryl methyl sites for hydroxylation is 1. The first-order valence-electron chi connectivity index (χ1n) is 4.61. The molecule has 0 aliphatic rings. The number of rotatable bonds is 6. The monoisotopic (exact) mass is 227 g/mol. The average molecular weight is 227 g/mol. The molecule has 0 aromatic heterocycles. The molecule has 0 spiro atoms. The topological polar surface area (TPSA) is 63.2 Å². The summed E-state index contributed by atoms with van der Waals surface area (Å²) in [4.78, 5) is 9.96. The molecule has 0 saturated carbocycles. The highest BCUT2D eigenvalue weighted by Gasteiger charge is 2.07. The zero-order valence-corrected chi connectivity index (χ0v) is 9.03. The zero-order valence-electron chi connectivity index (χ0n) is 8.22. The first kappa shape index (κ1) is 11.7. The highest BCUT2D eigenvalue weighted by Crippen LogP contribution is 2.03. The van der Waals surface area contributed by atoms with Crippen molar-refractivity contribution in [1.82, 2.24) is 4.72 Å². The lowest BCUT2D eigenvalue weighted by Crippen LogP contribution is -2.24. The summed E-state index contributed by atoms with van der Waals surface area (Å²) in [6.45, 7) is 0. The van der Waals surface area contributed by atoms with Gasteiger partial charge < -0.3 is 0 Å². The average Bonchev–Trinajstić information content (AvgIpc) is 2.19. The Kier molecular flexibility index (Phi) is 4.30. The fourth-order valence-corrected chi connectivity index (χ4v) is 2.03. The van der Waals surface area contributed by atoms with Gasteiger partial charge >= 0.3 is 0 Å². The van der Waals surface area contributed by atoms with Crippen LogP contribution in [0.3, 0.4) is 0 Å². The molecule has 0 fully saturated rings. The van der Waals surface area contributed by atoms with Gasteiger partial charge in [-0.25, -0.2) is 8.42 Å². The largest absolute Gasteiger partial charge is 0.278 e. The molecule has 0 atom stereocenters. The first-order chi connectivity index (χ1) is 7.14. The Labute approximate surface area is 89.4 Å². The highest BCUT2D eigenvalue weighted by atomic mass is 32.2. The van der Waals surface area contributed by atoms with Crippen molar-refractivity contribution < 1.29 is 13.2 Å². The van der Waals surface area contributed by atoms with E-state index in [9.17, 15) is 13.2 Å². The number of hydrogen-bond acceptors (Lipinski definition) is 3. The van der Waals surface area contributed by atoms with E-state index in [0.717, 1.165) is 5.56 Å². The van der Waals surface area contributed by atoms with E-state index >= 15 is 0 Å². The quantitative estimate of drug-likeness (QED) is 0.727. The van der Waals surface area contributed by atoms with Gasteiger partial charge in [0.1, 0.15) is 0 Å². The van der Waals surface area contributed by atoms with Gasteiger partial charge in [-0.3, -0.25) is 9.52 Å². The molecule has 0 heterocycles. The molecule has 1 N–H and O–H groups in total. The van der Waals surface area contributed by atoms with Crippen LogP contribution in [0.2, 0.25) is 0 Å². The SMILES string of the molecule is O=CNS(=O)(=O)CCCc1ccccc1. The molecule has 4 nitrogen and oxygen atoms in total. The van der Waals surface area contributed by atoms with Crippen LogP contribution in [-0.2, 0) is 21.2 Å². The van der Waals surface area contributed by atoms with E-state index in [4.69, 9.17) is 0 Å². The molecule has 1 amide bonds. The summed E-state index contributed by atoms with van der Waals surface area (Å²) in [6.07, 6.45) is 1.39. The predicted octanol–water partition coefficient (Wildman–Crippen LogP) is 0.695. The third-order valence-electron chi connectivity index (χ3n) is 1.95. The molecule has 5 heteroatoms. The van der Waals surface area contributed by atoms with E-state index in [0.29, 0.717) is 12.8 Å². The third kappa shape index (κ3) is 4.60. The maximum Gasteiger partial charge on any atom is 0.234 e. The van der Waals surface area contributed by atoms with E-state index < -0.39 is 10.0 Å². The van der Waals surface area contributed by atoms with Crippen LogP contribution in [0.4, 0.5) is 0 Å². The molecule has 0 unspecified atom stereocenters. The van der Waals surface area contributed by atoms with Gasteiger partial charge in [0.25, 0.3) is 0 Å². The Balaban J connectivity index is 2.37. The Hall–Kier alpha value is -1.36. The number of sulfonamides is 1. The van der Waals surface area contributed by atoms with Crippen molar-refractivity contribution in [3.63, 3.8) is 0 Å². The summed E-state index contributed by atoms with van der Waals surface area (Å²) in [6, 6.07) is 9.62. The van der Waals surface area contributed by atoms with Crippen LogP contribution < -0.4 is 4.72 Å². The molecule has 0 radical (unpaired) electrons. The number of amides is 1. The van der Waals surface area contributed by atoms with Gasteiger partial charge in [-0.2, -0.15) is 0 Å². The molecule has 0 aliphatic heterocycles. The van der Waals surface area contributed by atoms with Gasteiger partial charge in [-0.05, 0) is 18.4 Å². The summed E-state index contributed by atoms with van der Waals surface area (Å²) in [5.41, 5.74) is 1.10. The summed E-state index contributed by atoms with van der Waals surface area (Å²) < 4.78 is 24.0. The molecule has 15 heavy (non-hydrogen) atoms. The van der Waals surface area contributed by atoms with Crippen molar-refractivity contribution in [2.24, 2.45) is 0 Å². The summed E-state index contributed by atoms with van der Waals surface area (Å²) in [5.74, 6) is -0.0271. The lowest BCUT2D eigenvalue weighted by molar-refractivity contribution is -0.108. The van der Waals surface area contributed by atoms with E-state index in [1.807, 2.05) is 30.3 Å². The predicted molar refractivity (Wildman–Crippen MR) is 57.7 cm³/mol. The maximum atomic E-state index is 11.1. The number of hydrogen-bond donors (Lipinski definition) is 1. The Morgan fingerprint density at radius 3 is 2.47 bits per heavy atom. The Morgan fingerprint density at radius 1 is 1.20 bits per heavy atom.